The molecule has 0 saturated heterocycles. The van der Waals surface area contributed by atoms with E-state index in [0.29, 0.717) is 12.5 Å². The van der Waals surface area contributed by atoms with Gasteiger partial charge in [-0.15, -0.1) is 22.7 Å². The molecule has 2 aromatic rings. The Labute approximate surface area is 109 Å². The largest absolute Gasteiger partial charge is 0.326 e. The van der Waals surface area contributed by atoms with E-state index in [2.05, 4.69) is 10.4 Å². The van der Waals surface area contributed by atoms with Crippen LogP contribution in [0.25, 0.3) is 0 Å². The number of thiazole rings is 2. The van der Waals surface area contributed by atoms with Crippen LogP contribution < -0.4 is 5.73 Å². The van der Waals surface area contributed by atoms with Crippen molar-refractivity contribution in [2.24, 2.45) is 5.73 Å². The van der Waals surface area contributed by atoms with Gasteiger partial charge in [-0.2, -0.15) is 0 Å². The maximum Gasteiger partial charge on any atom is 0.0999 e. The van der Waals surface area contributed by atoms with Crippen LogP contribution in [0.15, 0.2) is 5.38 Å². The maximum atomic E-state index is 5.78. The zero-order chi connectivity index (χ0) is 11.8. The Kier molecular flexibility index (Phi) is 2.98. The molecule has 0 amide bonds. The first-order valence-corrected chi connectivity index (χ1v) is 7.55. The molecule has 1 fully saturated rings. The molecule has 90 valence electrons. The summed E-state index contributed by atoms with van der Waals surface area (Å²) in [6.07, 6.45) is 3.43. The summed E-state index contributed by atoms with van der Waals surface area (Å²) in [6, 6.07) is 0. The van der Waals surface area contributed by atoms with Gasteiger partial charge in [0.15, 0.2) is 0 Å². The summed E-state index contributed by atoms with van der Waals surface area (Å²) in [5.41, 5.74) is 8.15. The molecule has 2 heterocycles. The predicted molar refractivity (Wildman–Crippen MR) is 71.6 cm³/mol. The van der Waals surface area contributed by atoms with Crippen molar-refractivity contribution in [1.29, 1.82) is 0 Å². The lowest BCUT2D eigenvalue weighted by Crippen LogP contribution is -1.96. The fourth-order valence-electron chi connectivity index (χ4n) is 1.92. The van der Waals surface area contributed by atoms with Gasteiger partial charge in [-0.25, -0.2) is 9.97 Å². The third-order valence-electron chi connectivity index (χ3n) is 2.89. The highest BCUT2D eigenvalue weighted by Gasteiger charge is 2.29. The maximum absolute atomic E-state index is 5.78. The normalized spacial score (nSPS) is 15.4. The van der Waals surface area contributed by atoms with E-state index in [1.165, 1.54) is 28.4 Å². The molecule has 0 atom stereocenters. The van der Waals surface area contributed by atoms with Crippen LogP contribution in [-0.4, -0.2) is 9.97 Å². The molecule has 1 saturated carbocycles. The van der Waals surface area contributed by atoms with Gasteiger partial charge in [0, 0.05) is 28.4 Å². The van der Waals surface area contributed by atoms with Gasteiger partial charge in [-0.1, -0.05) is 0 Å². The Bertz CT molecular complexity index is 526. The lowest BCUT2D eigenvalue weighted by atomic mass is 10.2. The SMILES string of the molecule is Cc1csc(Cc2nc(C3CC3)c(CN)s2)n1. The minimum absolute atomic E-state index is 0.625. The van der Waals surface area contributed by atoms with Crippen LogP contribution >= 0.6 is 22.7 Å². The second-order valence-electron chi connectivity index (χ2n) is 4.45. The standard InChI is InChI=1S/C12H15N3S2/c1-7-6-16-10(14-7)4-11-15-12(8-2-3-8)9(5-13)17-11/h6,8H,2-5,13H2,1H3. The highest BCUT2D eigenvalue weighted by molar-refractivity contribution is 7.12. The Morgan fingerprint density at radius 2 is 2.18 bits per heavy atom. The molecule has 17 heavy (non-hydrogen) atoms. The average molecular weight is 265 g/mol. The van der Waals surface area contributed by atoms with Crippen LogP contribution in [0.1, 0.15) is 45.0 Å². The molecule has 0 unspecified atom stereocenters. The van der Waals surface area contributed by atoms with Gasteiger partial charge in [-0.05, 0) is 19.8 Å². The van der Waals surface area contributed by atoms with Crippen molar-refractivity contribution >= 4 is 22.7 Å². The highest BCUT2D eigenvalue weighted by atomic mass is 32.1. The molecule has 3 rings (SSSR count). The Hall–Kier alpha value is -0.780. The van der Waals surface area contributed by atoms with Crippen molar-refractivity contribution in [1.82, 2.24) is 9.97 Å². The van der Waals surface area contributed by atoms with Gasteiger partial charge in [0.1, 0.15) is 0 Å². The van der Waals surface area contributed by atoms with E-state index in [9.17, 15) is 0 Å². The molecule has 2 N–H and O–H groups in total. The molecule has 0 spiro atoms. The number of rotatable bonds is 4. The van der Waals surface area contributed by atoms with Crippen molar-refractivity contribution in [2.45, 2.75) is 38.6 Å². The van der Waals surface area contributed by atoms with Gasteiger partial charge in [-0.3, -0.25) is 0 Å². The Morgan fingerprint density at radius 3 is 2.76 bits per heavy atom. The van der Waals surface area contributed by atoms with Crippen molar-refractivity contribution in [3.8, 4) is 0 Å². The van der Waals surface area contributed by atoms with Crippen LogP contribution in [0, 0.1) is 6.92 Å². The highest BCUT2D eigenvalue weighted by Crippen LogP contribution is 2.42. The first-order valence-electron chi connectivity index (χ1n) is 5.86. The van der Waals surface area contributed by atoms with Crippen molar-refractivity contribution in [2.75, 3.05) is 0 Å². The summed E-state index contributed by atoms with van der Waals surface area (Å²) in [4.78, 5) is 10.5. The lowest BCUT2D eigenvalue weighted by molar-refractivity contribution is 0.956. The van der Waals surface area contributed by atoms with E-state index in [-0.39, 0.29) is 0 Å². The van der Waals surface area contributed by atoms with Gasteiger partial charge in [0.25, 0.3) is 0 Å². The fourth-order valence-corrected chi connectivity index (χ4v) is 3.83. The van der Waals surface area contributed by atoms with E-state index in [1.807, 2.05) is 6.92 Å². The van der Waals surface area contributed by atoms with E-state index in [0.717, 1.165) is 17.1 Å². The summed E-state index contributed by atoms with van der Waals surface area (Å²) in [5.74, 6) is 0.691. The molecule has 3 nitrogen and oxygen atoms in total. The molecule has 0 bridgehead atoms. The minimum Gasteiger partial charge on any atom is -0.326 e. The smallest absolute Gasteiger partial charge is 0.0999 e. The summed E-state index contributed by atoms with van der Waals surface area (Å²) < 4.78 is 0. The summed E-state index contributed by atoms with van der Waals surface area (Å²) in [6.45, 7) is 2.66. The van der Waals surface area contributed by atoms with Gasteiger partial charge in [0.2, 0.25) is 0 Å². The number of aryl methyl sites for hydroxylation is 1. The predicted octanol–water partition coefficient (Wildman–Crippen LogP) is 2.83. The number of hydrogen-bond donors (Lipinski definition) is 1. The minimum atomic E-state index is 0.625. The average Bonchev–Trinajstić information content (AvgIpc) is 2.97. The number of hydrogen-bond acceptors (Lipinski definition) is 5. The van der Waals surface area contributed by atoms with E-state index >= 15 is 0 Å². The molecular weight excluding hydrogens is 250 g/mol. The number of nitrogens with two attached hydrogens (primary N) is 1. The molecule has 1 aliphatic carbocycles. The van der Waals surface area contributed by atoms with Gasteiger partial charge >= 0.3 is 0 Å². The van der Waals surface area contributed by atoms with Crippen molar-refractivity contribution in [3.63, 3.8) is 0 Å². The third kappa shape index (κ3) is 2.41. The summed E-state index contributed by atoms with van der Waals surface area (Å²) in [7, 11) is 0. The molecule has 0 aliphatic heterocycles. The second-order valence-corrected chi connectivity index (χ2v) is 6.56. The van der Waals surface area contributed by atoms with Gasteiger partial charge in [0.05, 0.1) is 22.1 Å². The topological polar surface area (TPSA) is 51.8 Å². The van der Waals surface area contributed by atoms with E-state index in [1.54, 1.807) is 22.7 Å². The summed E-state index contributed by atoms with van der Waals surface area (Å²) in [5, 5.41) is 4.41. The molecule has 1 aliphatic rings. The Balaban J connectivity index is 1.83. The quantitative estimate of drug-likeness (QED) is 0.925. The first-order chi connectivity index (χ1) is 8.26. The summed E-state index contributed by atoms with van der Waals surface area (Å²) >= 11 is 3.48. The number of aromatic nitrogens is 2. The fraction of sp³-hybridized carbons (Fsp3) is 0.500. The zero-order valence-corrected chi connectivity index (χ0v) is 11.4. The van der Waals surface area contributed by atoms with Crippen LogP contribution in [-0.2, 0) is 13.0 Å². The first kappa shape index (κ1) is 11.3. The molecule has 5 heteroatoms. The van der Waals surface area contributed by atoms with Gasteiger partial charge < -0.3 is 5.73 Å². The van der Waals surface area contributed by atoms with Crippen LogP contribution in [0.2, 0.25) is 0 Å². The lowest BCUT2D eigenvalue weighted by Gasteiger charge is -1.93. The zero-order valence-electron chi connectivity index (χ0n) is 9.77. The van der Waals surface area contributed by atoms with Crippen LogP contribution in [0.4, 0.5) is 0 Å². The second kappa shape index (κ2) is 4.48. The van der Waals surface area contributed by atoms with Crippen molar-refractivity contribution < 1.29 is 0 Å². The molecule has 2 aromatic heterocycles. The monoisotopic (exact) mass is 265 g/mol. The van der Waals surface area contributed by atoms with Crippen molar-refractivity contribution in [3.05, 3.63) is 31.7 Å². The third-order valence-corrected chi connectivity index (χ3v) is 4.95. The molecule has 0 aromatic carbocycles. The van der Waals surface area contributed by atoms with E-state index in [4.69, 9.17) is 10.7 Å². The number of nitrogens with zero attached hydrogens (tertiary/aromatic N) is 2. The molecule has 0 radical (unpaired) electrons. The van der Waals surface area contributed by atoms with Crippen LogP contribution in [0.5, 0.6) is 0 Å². The Morgan fingerprint density at radius 1 is 1.35 bits per heavy atom. The van der Waals surface area contributed by atoms with Crippen LogP contribution in [0.3, 0.4) is 0 Å². The van der Waals surface area contributed by atoms with E-state index < -0.39 is 0 Å². The molecular formula is C12H15N3S2.